The summed E-state index contributed by atoms with van der Waals surface area (Å²) in [5.41, 5.74) is 21.6. The Bertz CT molecular complexity index is 3620. The summed E-state index contributed by atoms with van der Waals surface area (Å²) in [4.78, 5) is 5.02. The fourth-order valence-corrected chi connectivity index (χ4v) is 12.1. The van der Waals surface area contributed by atoms with Gasteiger partial charge < -0.3 is 9.80 Å². The first kappa shape index (κ1) is 41.7. The lowest BCUT2D eigenvalue weighted by Crippen LogP contribution is -2.31. The molecule has 0 spiro atoms. The topological polar surface area (TPSA) is 6.48 Å². The predicted molar refractivity (Wildman–Crippen MR) is 297 cm³/mol. The Hall–Kier alpha value is -8.46. The lowest BCUT2D eigenvalue weighted by atomic mass is 9.72. The molecule has 11 aromatic carbocycles. The monoisotopic (exact) mass is 896 g/mol. The van der Waals surface area contributed by atoms with Crippen molar-refractivity contribution in [1.82, 2.24) is 0 Å². The highest BCUT2D eigenvalue weighted by atomic mass is 15.2. The molecule has 2 heterocycles. The van der Waals surface area contributed by atoms with Gasteiger partial charge >= 0.3 is 0 Å². The highest BCUT2D eigenvalue weighted by Gasteiger charge is 2.40. The van der Waals surface area contributed by atoms with Crippen molar-refractivity contribution in [3.05, 3.63) is 265 Å². The van der Waals surface area contributed by atoms with Gasteiger partial charge in [-0.3, -0.25) is 0 Å². The van der Waals surface area contributed by atoms with E-state index in [1.54, 1.807) is 0 Å². The van der Waals surface area contributed by atoms with E-state index in [2.05, 4.69) is 280 Å². The Morgan fingerprint density at radius 2 is 0.629 bits per heavy atom. The van der Waals surface area contributed by atoms with Gasteiger partial charge in [0.25, 0.3) is 0 Å². The van der Waals surface area contributed by atoms with Gasteiger partial charge in [0.2, 0.25) is 0 Å². The van der Waals surface area contributed by atoms with Gasteiger partial charge in [-0.2, -0.15) is 0 Å². The normalized spacial score (nSPS) is 14.2. The molecule has 334 valence electrons. The second kappa shape index (κ2) is 16.1. The largest absolute Gasteiger partial charge is 0.309 e. The Morgan fingerprint density at radius 1 is 0.271 bits per heavy atom. The van der Waals surface area contributed by atoms with Gasteiger partial charge in [-0.05, 0) is 120 Å². The molecule has 0 aliphatic carbocycles. The van der Waals surface area contributed by atoms with Crippen LogP contribution in [-0.2, 0) is 10.8 Å². The maximum absolute atomic E-state index is 2.52. The van der Waals surface area contributed by atoms with Crippen molar-refractivity contribution < 1.29 is 0 Å². The summed E-state index contributed by atoms with van der Waals surface area (Å²) in [6, 6.07) is 90.1. The van der Waals surface area contributed by atoms with E-state index in [1.807, 2.05) is 0 Å². The molecule has 0 saturated heterocycles. The van der Waals surface area contributed by atoms with E-state index in [9.17, 15) is 0 Å². The summed E-state index contributed by atoms with van der Waals surface area (Å²) in [5, 5.41) is 4.88. The molecule has 0 amide bonds. The molecule has 0 N–H and O–H groups in total. The van der Waals surface area contributed by atoms with Gasteiger partial charge in [0, 0.05) is 33.3 Å². The summed E-state index contributed by atoms with van der Waals surface area (Å²) in [6.45, 7) is 9.54. The minimum atomic E-state index is -0.249. The van der Waals surface area contributed by atoms with Crippen molar-refractivity contribution in [1.29, 1.82) is 0 Å². The number of fused-ring (bicyclic) bond motifs is 6. The first-order valence-electron chi connectivity index (χ1n) is 24.6. The number of hydrogen-bond donors (Lipinski definition) is 0. The zero-order chi connectivity index (χ0) is 47.1. The highest BCUT2D eigenvalue weighted by Crippen LogP contribution is 2.58. The molecule has 2 aliphatic heterocycles. The maximum Gasteiger partial charge on any atom is 0.0581 e. The fraction of sp³-hybridized carbons (Fsp3) is 0.0882. The number of para-hydroxylation sites is 6. The molecule has 13 rings (SSSR count). The number of rotatable bonds is 6. The van der Waals surface area contributed by atoms with E-state index < -0.39 is 0 Å². The zero-order valence-corrected chi connectivity index (χ0v) is 40.0. The van der Waals surface area contributed by atoms with Gasteiger partial charge in [-0.1, -0.05) is 228 Å². The average Bonchev–Trinajstić information content (AvgIpc) is 3.41. The SMILES string of the molecule is CC1(C)c2ccccc2N(c2ccccc2)c2c(-c3cccc4c(-c5ccccc5-c5ccccc5)c5cccc(-c6cccc7c6N(c6ccccc6)c6ccccc6C7(C)C)c5cc34)cccc21. The van der Waals surface area contributed by atoms with Crippen LogP contribution in [0.5, 0.6) is 0 Å². The molecule has 0 atom stereocenters. The quantitative estimate of drug-likeness (QED) is 0.153. The highest BCUT2D eigenvalue weighted by molar-refractivity contribution is 6.21. The summed E-state index contributed by atoms with van der Waals surface area (Å²) in [6.07, 6.45) is 0. The Balaban J connectivity index is 1.16. The smallest absolute Gasteiger partial charge is 0.0581 e. The van der Waals surface area contributed by atoms with Crippen molar-refractivity contribution in [2.45, 2.75) is 38.5 Å². The Kier molecular flexibility index (Phi) is 9.58. The zero-order valence-electron chi connectivity index (χ0n) is 40.0. The van der Waals surface area contributed by atoms with Crippen LogP contribution in [0, 0.1) is 0 Å². The van der Waals surface area contributed by atoms with Crippen LogP contribution in [-0.4, -0.2) is 0 Å². The van der Waals surface area contributed by atoms with Gasteiger partial charge in [0.05, 0.1) is 22.7 Å². The molecule has 70 heavy (non-hydrogen) atoms. The molecule has 0 fully saturated rings. The van der Waals surface area contributed by atoms with Crippen LogP contribution in [0.25, 0.3) is 66.1 Å². The lowest BCUT2D eigenvalue weighted by molar-refractivity contribution is 0.632. The third kappa shape index (κ3) is 6.26. The van der Waals surface area contributed by atoms with E-state index >= 15 is 0 Å². The molecule has 0 bridgehead atoms. The van der Waals surface area contributed by atoms with Crippen LogP contribution in [0.2, 0.25) is 0 Å². The van der Waals surface area contributed by atoms with Crippen LogP contribution < -0.4 is 9.80 Å². The van der Waals surface area contributed by atoms with Crippen molar-refractivity contribution in [2.24, 2.45) is 0 Å². The van der Waals surface area contributed by atoms with Crippen LogP contribution in [0.3, 0.4) is 0 Å². The average molecular weight is 897 g/mol. The molecule has 11 aromatic rings. The van der Waals surface area contributed by atoms with Crippen LogP contribution in [0.4, 0.5) is 34.1 Å². The molecular formula is C68H52N2. The third-order valence-corrected chi connectivity index (χ3v) is 15.4. The van der Waals surface area contributed by atoms with Gasteiger partial charge in [-0.25, -0.2) is 0 Å². The molecule has 0 aromatic heterocycles. The molecule has 2 aliphatic rings. The minimum absolute atomic E-state index is 0.249. The molecular weight excluding hydrogens is 845 g/mol. The van der Waals surface area contributed by atoms with E-state index in [4.69, 9.17) is 0 Å². The van der Waals surface area contributed by atoms with Crippen molar-refractivity contribution in [3.63, 3.8) is 0 Å². The molecule has 2 nitrogen and oxygen atoms in total. The first-order chi connectivity index (χ1) is 34.3. The van der Waals surface area contributed by atoms with Gasteiger partial charge in [0.1, 0.15) is 0 Å². The van der Waals surface area contributed by atoms with E-state index in [0.29, 0.717) is 0 Å². The summed E-state index contributed by atoms with van der Waals surface area (Å²) < 4.78 is 0. The van der Waals surface area contributed by atoms with Crippen molar-refractivity contribution >= 4 is 55.7 Å². The number of benzene rings is 11. The molecule has 0 radical (unpaired) electrons. The fourth-order valence-electron chi connectivity index (χ4n) is 12.1. The second-order valence-electron chi connectivity index (χ2n) is 20.0. The Labute approximate surface area is 411 Å². The van der Waals surface area contributed by atoms with E-state index in [0.717, 1.165) is 11.4 Å². The van der Waals surface area contributed by atoms with E-state index in [1.165, 1.54) is 111 Å². The molecule has 0 unspecified atom stereocenters. The van der Waals surface area contributed by atoms with Crippen LogP contribution in [0.1, 0.15) is 49.9 Å². The van der Waals surface area contributed by atoms with Crippen LogP contribution in [0.15, 0.2) is 243 Å². The number of anilines is 6. The molecule has 0 saturated carbocycles. The Morgan fingerprint density at radius 3 is 1.11 bits per heavy atom. The second-order valence-corrected chi connectivity index (χ2v) is 20.0. The van der Waals surface area contributed by atoms with Crippen molar-refractivity contribution in [3.8, 4) is 44.5 Å². The van der Waals surface area contributed by atoms with Crippen LogP contribution >= 0.6 is 0 Å². The van der Waals surface area contributed by atoms with Gasteiger partial charge in [-0.15, -0.1) is 0 Å². The molecule has 2 heteroatoms. The van der Waals surface area contributed by atoms with E-state index in [-0.39, 0.29) is 10.8 Å². The minimum Gasteiger partial charge on any atom is -0.309 e. The lowest BCUT2D eigenvalue weighted by Gasteiger charge is -2.43. The first-order valence-corrected chi connectivity index (χ1v) is 24.6. The predicted octanol–water partition coefficient (Wildman–Crippen LogP) is 18.9. The standard InChI is InChI=1S/C68H52N2/c1-67(2)58-38-16-18-42-62(58)69(46-26-10-6-11-27-46)65-54(36-22-40-60(65)67)49-32-20-34-52-56(49)44-57-50(33-21-35-53(57)64(52)51-31-15-14-30-48(51)45-24-8-5-9-25-45)55-37-23-41-61-66(55)70(47-28-12-7-13-29-47)63-43-19-17-39-59(63)68(61,3)4/h5-44H,1-4H3. The number of nitrogens with zero attached hydrogens (tertiary/aromatic N) is 2. The van der Waals surface area contributed by atoms with Gasteiger partial charge in [0.15, 0.2) is 0 Å². The summed E-state index contributed by atoms with van der Waals surface area (Å²) in [5.74, 6) is 0. The summed E-state index contributed by atoms with van der Waals surface area (Å²) in [7, 11) is 0. The summed E-state index contributed by atoms with van der Waals surface area (Å²) >= 11 is 0. The third-order valence-electron chi connectivity index (χ3n) is 15.4. The number of hydrogen-bond acceptors (Lipinski definition) is 2. The van der Waals surface area contributed by atoms with Crippen molar-refractivity contribution in [2.75, 3.05) is 9.80 Å². The maximum atomic E-state index is 2.52.